The molecule has 0 bridgehead atoms. The van der Waals surface area contributed by atoms with Crippen LogP contribution in [0.4, 0.5) is 5.69 Å². The van der Waals surface area contributed by atoms with Crippen molar-refractivity contribution in [3.8, 4) is 0 Å². The van der Waals surface area contributed by atoms with E-state index in [1.807, 2.05) is 12.1 Å². The topological polar surface area (TPSA) is 91.0 Å². The van der Waals surface area contributed by atoms with Gasteiger partial charge in [0.05, 0.1) is 17.3 Å². The van der Waals surface area contributed by atoms with Crippen LogP contribution in [0.25, 0.3) is 0 Å². The number of carbonyl (C=O) groups excluding carboxylic acids is 3. The van der Waals surface area contributed by atoms with E-state index in [4.69, 9.17) is 8.85 Å². The number of nitrogens with one attached hydrogen (secondary N) is 2. The summed E-state index contributed by atoms with van der Waals surface area (Å²) in [5, 5.41) is 5.47. The molecule has 1 atom stereocenters. The van der Waals surface area contributed by atoms with E-state index in [1.165, 1.54) is 10.5 Å². The monoisotopic (exact) mass is 451 g/mol. The van der Waals surface area contributed by atoms with Gasteiger partial charge in [-0.15, -0.1) is 0 Å². The molecule has 8 nitrogen and oxygen atoms in total. The lowest BCUT2D eigenvalue weighted by Gasteiger charge is -2.29. The molecule has 3 aliphatic heterocycles. The van der Waals surface area contributed by atoms with Gasteiger partial charge >= 0.3 is 0 Å². The normalized spacial score (nSPS) is 22.4. The summed E-state index contributed by atoms with van der Waals surface area (Å²) in [6.45, 7) is 4.60. The number of imide groups is 1. The maximum atomic E-state index is 13.2. The van der Waals surface area contributed by atoms with Crippen molar-refractivity contribution in [2.45, 2.75) is 38.5 Å². The van der Waals surface area contributed by atoms with Gasteiger partial charge in [-0.25, -0.2) is 0 Å². The molecule has 0 aliphatic carbocycles. The number of fused-ring (bicyclic) bond motifs is 1. The van der Waals surface area contributed by atoms with Gasteiger partial charge in [-0.1, -0.05) is 30.3 Å². The van der Waals surface area contributed by atoms with Gasteiger partial charge in [0.1, 0.15) is 6.04 Å². The van der Waals surface area contributed by atoms with Gasteiger partial charge < -0.3 is 15.0 Å². The fourth-order valence-electron chi connectivity index (χ4n) is 4.51. The molecule has 3 amide bonds. The maximum absolute atomic E-state index is 13.2. The van der Waals surface area contributed by atoms with E-state index < -0.39 is 17.9 Å². The third-order valence-electron chi connectivity index (χ3n) is 6.37. The first-order valence-electron chi connectivity index (χ1n) is 12.7. The van der Waals surface area contributed by atoms with Crippen LogP contribution in [-0.2, 0) is 34.0 Å². The molecule has 8 heteroatoms. The predicted octanol–water partition coefficient (Wildman–Crippen LogP) is 1.89. The van der Waals surface area contributed by atoms with E-state index in [0.717, 1.165) is 38.4 Å². The molecule has 3 heterocycles. The van der Waals surface area contributed by atoms with E-state index in [9.17, 15) is 14.4 Å². The largest absolute Gasteiger partial charge is 0.381 e. The number of anilines is 1. The van der Waals surface area contributed by atoms with Gasteiger partial charge in [0.25, 0.3) is 5.91 Å². The molecule has 3 aliphatic rings. The molecule has 2 aromatic carbocycles. The lowest BCUT2D eigenvalue weighted by molar-refractivity contribution is -0.136. The maximum Gasteiger partial charge on any atom is 0.255 e. The van der Waals surface area contributed by atoms with Crippen LogP contribution < -0.4 is 10.6 Å². The van der Waals surface area contributed by atoms with E-state index in [2.05, 4.69) is 27.7 Å². The smallest absolute Gasteiger partial charge is 0.255 e. The summed E-state index contributed by atoms with van der Waals surface area (Å²) in [5.74, 6) is -1.43. The highest BCUT2D eigenvalue weighted by atomic mass is 16.5. The third-order valence-corrected chi connectivity index (χ3v) is 6.37. The fraction of sp³-hybridized carbons (Fsp3) is 0.400. The van der Waals surface area contributed by atoms with Crippen molar-refractivity contribution in [2.24, 2.45) is 0 Å². The Morgan fingerprint density at radius 1 is 1.09 bits per heavy atom. The Kier molecular flexibility index (Phi) is 5.15. The molecule has 33 heavy (non-hydrogen) atoms. The van der Waals surface area contributed by atoms with Gasteiger partial charge in [-0.3, -0.25) is 24.6 Å². The number of carbonyl (C=O) groups is 3. The van der Waals surface area contributed by atoms with Crippen molar-refractivity contribution in [2.75, 3.05) is 31.6 Å². The molecule has 0 aromatic heterocycles. The van der Waals surface area contributed by atoms with Crippen LogP contribution >= 0.6 is 0 Å². The lowest BCUT2D eigenvalue weighted by Crippen LogP contribution is -2.52. The zero-order valence-electron chi connectivity index (χ0n) is 21.3. The Labute approximate surface area is 197 Å². The highest BCUT2D eigenvalue weighted by molar-refractivity contribution is 6.06. The molecular weight excluding hydrogens is 420 g/mol. The number of amides is 3. The van der Waals surface area contributed by atoms with E-state index in [-0.39, 0.29) is 49.0 Å². The Bertz CT molecular complexity index is 1220. The SMILES string of the molecule is [2H]c1c([2H])c(NCc2ccc(CN3CCOCC3)cc2)c2c(c1[2H])C(=O)N([C@@H]1CCC(=O)NC1=O)C2. The minimum absolute atomic E-state index is 0.0410. The van der Waals surface area contributed by atoms with Crippen molar-refractivity contribution in [1.29, 1.82) is 0 Å². The van der Waals surface area contributed by atoms with Crippen molar-refractivity contribution in [3.63, 3.8) is 0 Å². The van der Waals surface area contributed by atoms with Gasteiger partial charge in [0, 0.05) is 56.0 Å². The second-order valence-electron chi connectivity index (χ2n) is 8.56. The molecule has 5 rings (SSSR count). The molecule has 2 aromatic rings. The van der Waals surface area contributed by atoms with Crippen LogP contribution in [0.2, 0.25) is 0 Å². The molecule has 0 radical (unpaired) electrons. The minimum atomic E-state index is -0.822. The zero-order valence-corrected chi connectivity index (χ0v) is 18.3. The summed E-state index contributed by atoms with van der Waals surface area (Å²) < 4.78 is 30.4. The van der Waals surface area contributed by atoms with Gasteiger partial charge in [0.2, 0.25) is 11.8 Å². The molecule has 2 N–H and O–H groups in total. The predicted molar refractivity (Wildman–Crippen MR) is 122 cm³/mol. The fourth-order valence-corrected chi connectivity index (χ4v) is 4.51. The first-order chi connectivity index (χ1) is 17.3. The van der Waals surface area contributed by atoms with Crippen LogP contribution in [0.15, 0.2) is 42.4 Å². The Morgan fingerprint density at radius 2 is 1.85 bits per heavy atom. The summed E-state index contributed by atoms with van der Waals surface area (Å²) in [5.41, 5.74) is 2.98. The van der Waals surface area contributed by atoms with Crippen LogP contribution in [0.5, 0.6) is 0 Å². The van der Waals surface area contributed by atoms with Gasteiger partial charge in [-0.05, 0) is 29.6 Å². The number of nitrogens with zero attached hydrogens (tertiary/aromatic N) is 2. The Balaban J connectivity index is 1.33. The number of hydrogen-bond donors (Lipinski definition) is 2. The summed E-state index contributed by atoms with van der Waals surface area (Å²) in [7, 11) is 0. The van der Waals surface area contributed by atoms with E-state index >= 15 is 0 Å². The van der Waals surface area contributed by atoms with Crippen molar-refractivity contribution < 1.29 is 23.2 Å². The van der Waals surface area contributed by atoms with Crippen LogP contribution in [0.3, 0.4) is 0 Å². The van der Waals surface area contributed by atoms with Crippen molar-refractivity contribution >= 4 is 23.4 Å². The summed E-state index contributed by atoms with van der Waals surface area (Å²) in [6.07, 6.45) is 0.336. The summed E-state index contributed by atoms with van der Waals surface area (Å²) in [4.78, 5) is 40.8. The van der Waals surface area contributed by atoms with Crippen molar-refractivity contribution in [3.05, 3.63) is 64.6 Å². The molecule has 2 fully saturated rings. The lowest BCUT2D eigenvalue weighted by atomic mass is 10.0. The average molecular weight is 452 g/mol. The first kappa shape index (κ1) is 18.2. The number of morpholine rings is 1. The number of piperidine rings is 1. The van der Waals surface area contributed by atoms with E-state index in [1.54, 1.807) is 0 Å². The molecule has 0 saturated carbocycles. The number of ether oxygens (including phenoxy) is 1. The highest BCUT2D eigenvalue weighted by Crippen LogP contribution is 2.32. The second kappa shape index (κ2) is 9.33. The zero-order chi connectivity index (χ0) is 25.4. The molecule has 0 spiro atoms. The molecule has 0 unspecified atom stereocenters. The minimum Gasteiger partial charge on any atom is -0.381 e. The molecular formula is C25H28N4O4. The number of rotatable bonds is 6. The first-order valence-corrected chi connectivity index (χ1v) is 11.2. The Morgan fingerprint density at radius 3 is 2.61 bits per heavy atom. The quantitative estimate of drug-likeness (QED) is 0.652. The molecule has 2 saturated heterocycles. The van der Waals surface area contributed by atoms with E-state index in [0.29, 0.717) is 17.8 Å². The molecule has 172 valence electrons. The van der Waals surface area contributed by atoms with Crippen LogP contribution in [0.1, 0.15) is 44.0 Å². The van der Waals surface area contributed by atoms with Gasteiger partial charge in [0.15, 0.2) is 0 Å². The van der Waals surface area contributed by atoms with Crippen molar-refractivity contribution in [1.82, 2.24) is 15.1 Å². The third kappa shape index (κ3) is 4.62. The number of benzene rings is 2. The average Bonchev–Trinajstić information content (AvgIpc) is 3.21. The Hall–Kier alpha value is -3.23. The number of hydrogen-bond acceptors (Lipinski definition) is 6. The standard InChI is InChI=1S/C25H28N4O4/c30-23-9-8-22(24(31)27-23)29-16-20-19(25(29)32)2-1-3-21(20)26-14-17-4-6-18(7-5-17)15-28-10-12-33-13-11-28/h1-7,22,26H,8-16H2,(H,27,30,31)/t22-/m1/s1/i1D,2D,3D. The second-order valence-corrected chi connectivity index (χ2v) is 8.56. The highest BCUT2D eigenvalue weighted by Gasteiger charge is 2.39. The summed E-state index contributed by atoms with van der Waals surface area (Å²) >= 11 is 0. The summed E-state index contributed by atoms with van der Waals surface area (Å²) in [6, 6.07) is 6.52. The van der Waals surface area contributed by atoms with Crippen LogP contribution in [0, 0.1) is 0 Å². The van der Waals surface area contributed by atoms with Gasteiger partial charge in [-0.2, -0.15) is 0 Å². The van der Waals surface area contributed by atoms with Crippen LogP contribution in [-0.4, -0.2) is 59.9 Å².